The Morgan fingerprint density at radius 3 is 2.66 bits per heavy atom. The zero-order valence-electron chi connectivity index (χ0n) is 24.7. The van der Waals surface area contributed by atoms with Crippen molar-refractivity contribution in [3.05, 3.63) is 30.0 Å². The second kappa shape index (κ2) is 11.5. The normalized spacial score (nSPS) is 26.6. The molecule has 2 amide bonds. The summed E-state index contributed by atoms with van der Waals surface area (Å²) in [4.78, 5) is 42.2. The second-order valence-electron chi connectivity index (χ2n) is 12.3. The lowest BCUT2D eigenvalue weighted by Gasteiger charge is -2.43. The number of benzene rings is 1. The summed E-state index contributed by atoms with van der Waals surface area (Å²) in [5, 5.41) is 6.58. The minimum Gasteiger partial charge on any atom is -0.495 e. The molecule has 220 valence electrons. The number of aromatic nitrogens is 2. The van der Waals surface area contributed by atoms with Gasteiger partial charge in [-0.1, -0.05) is 19.8 Å². The van der Waals surface area contributed by atoms with Gasteiger partial charge in [-0.15, -0.1) is 0 Å². The van der Waals surface area contributed by atoms with Crippen LogP contribution in [0.1, 0.15) is 68.6 Å². The minimum atomic E-state index is -0.226. The number of likely N-dealkylation sites (N-methyl/N-ethyl adjacent to an activating group) is 1. The first-order chi connectivity index (χ1) is 19.9. The van der Waals surface area contributed by atoms with E-state index in [0.29, 0.717) is 40.8 Å². The fourth-order valence-corrected chi connectivity index (χ4v) is 7.55. The fourth-order valence-electron chi connectivity index (χ4n) is 7.55. The van der Waals surface area contributed by atoms with E-state index in [0.717, 1.165) is 56.7 Å². The van der Waals surface area contributed by atoms with Crippen LogP contribution in [0.4, 0.5) is 23.1 Å². The lowest BCUT2D eigenvalue weighted by atomic mass is 9.89. The first kappa shape index (κ1) is 27.8. The molecule has 3 unspecified atom stereocenters. The maximum atomic E-state index is 13.2. The number of fused-ring (bicyclic) bond motifs is 2. The highest BCUT2D eigenvalue weighted by atomic mass is 16.5. The summed E-state index contributed by atoms with van der Waals surface area (Å²) in [7, 11) is 5.59. The number of carbonyl (C=O) groups excluding carboxylic acids is 2. The van der Waals surface area contributed by atoms with Crippen molar-refractivity contribution in [2.24, 2.45) is 11.8 Å². The van der Waals surface area contributed by atoms with Crippen molar-refractivity contribution in [2.45, 2.75) is 76.4 Å². The third-order valence-electron chi connectivity index (χ3n) is 9.73. The van der Waals surface area contributed by atoms with Crippen LogP contribution in [0.2, 0.25) is 0 Å². The maximum Gasteiger partial charge on any atom is 0.251 e. The van der Waals surface area contributed by atoms with Crippen LogP contribution in [0, 0.1) is 11.8 Å². The molecule has 0 spiro atoms. The number of nitrogens with one attached hydrogen (secondary N) is 2. The average Bonchev–Trinajstić information content (AvgIpc) is 3.64. The molecule has 4 atom stereocenters. The molecule has 4 aliphatic rings. The molecule has 2 aromatic rings. The number of hydrogen-bond acceptors (Lipinski definition) is 8. The topological polar surface area (TPSA) is 103 Å². The zero-order valence-corrected chi connectivity index (χ0v) is 24.7. The number of likely N-dealkylation sites (tertiary alicyclic amines) is 1. The standard InChI is InChI=1S/C31H43N7O3/c1-5-25-30(40)37(3)26-17-32-31(35-28(26)38(25)23-8-6-7-9-23)34-24-11-10-20(16-27(24)41-4)29(39)33-22-14-19-12-13-36(2)18-21(19)15-22/h10-11,16-17,19,21-23,25H,5-9,12-15,18H2,1-4H3,(H,33,39)(H,32,34,35)/t19?,21?,22?,25-/m1/s1. The summed E-state index contributed by atoms with van der Waals surface area (Å²) in [6.07, 6.45) is 10.2. The highest BCUT2D eigenvalue weighted by Gasteiger charge is 2.41. The summed E-state index contributed by atoms with van der Waals surface area (Å²) in [6.45, 7) is 4.33. The smallest absolute Gasteiger partial charge is 0.251 e. The van der Waals surface area contributed by atoms with E-state index in [9.17, 15) is 9.59 Å². The molecule has 1 aromatic carbocycles. The minimum absolute atomic E-state index is 0.0672. The van der Waals surface area contributed by atoms with Gasteiger partial charge in [-0.05, 0) is 82.2 Å². The van der Waals surface area contributed by atoms with Gasteiger partial charge >= 0.3 is 0 Å². The van der Waals surface area contributed by atoms with E-state index in [2.05, 4.69) is 39.4 Å². The van der Waals surface area contributed by atoms with Gasteiger partial charge in [-0.2, -0.15) is 4.98 Å². The number of hydrogen-bond donors (Lipinski definition) is 2. The van der Waals surface area contributed by atoms with Crippen molar-refractivity contribution >= 4 is 35.0 Å². The van der Waals surface area contributed by atoms with E-state index >= 15 is 0 Å². The Morgan fingerprint density at radius 1 is 1.12 bits per heavy atom. The molecule has 2 aliphatic heterocycles. The lowest BCUT2D eigenvalue weighted by Crippen LogP contribution is -2.55. The number of piperidine rings is 1. The Bertz CT molecular complexity index is 1300. The monoisotopic (exact) mass is 561 g/mol. The molecule has 2 N–H and O–H groups in total. The van der Waals surface area contributed by atoms with Crippen molar-refractivity contribution in [2.75, 3.05) is 49.4 Å². The van der Waals surface area contributed by atoms with Gasteiger partial charge in [-0.25, -0.2) is 4.98 Å². The summed E-state index contributed by atoms with van der Waals surface area (Å²) < 4.78 is 5.68. The number of nitrogens with zero attached hydrogens (tertiary/aromatic N) is 5. The van der Waals surface area contributed by atoms with Gasteiger partial charge in [0.25, 0.3) is 5.91 Å². The number of rotatable bonds is 7. The van der Waals surface area contributed by atoms with Crippen LogP contribution in [0.15, 0.2) is 24.4 Å². The van der Waals surface area contributed by atoms with Crippen LogP contribution in [0.5, 0.6) is 5.75 Å². The molecule has 2 aliphatic carbocycles. The first-order valence-electron chi connectivity index (χ1n) is 15.2. The molecule has 10 nitrogen and oxygen atoms in total. The molecular weight excluding hydrogens is 518 g/mol. The number of ether oxygens (including phenoxy) is 1. The second-order valence-corrected chi connectivity index (χ2v) is 12.3. The van der Waals surface area contributed by atoms with E-state index in [4.69, 9.17) is 9.72 Å². The zero-order chi connectivity index (χ0) is 28.7. The van der Waals surface area contributed by atoms with Gasteiger partial charge in [0.15, 0.2) is 5.82 Å². The average molecular weight is 562 g/mol. The SMILES string of the molecule is CC[C@@H]1C(=O)N(C)c2cnc(Nc3ccc(C(=O)NC4CC5CCN(C)CC5C4)cc3OC)nc2N1C1CCCC1. The maximum absolute atomic E-state index is 13.2. The molecule has 41 heavy (non-hydrogen) atoms. The Labute approximate surface area is 242 Å². The molecule has 3 heterocycles. The predicted octanol–water partition coefficient (Wildman–Crippen LogP) is 4.19. The fraction of sp³-hybridized carbons (Fsp3) is 0.613. The Balaban J connectivity index is 1.20. The van der Waals surface area contributed by atoms with Gasteiger partial charge < -0.3 is 30.1 Å². The quantitative estimate of drug-likeness (QED) is 0.519. The van der Waals surface area contributed by atoms with Gasteiger partial charge in [0.1, 0.15) is 17.5 Å². The van der Waals surface area contributed by atoms with E-state index in [1.165, 1.54) is 19.3 Å². The van der Waals surface area contributed by atoms with Crippen molar-refractivity contribution in [1.29, 1.82) is 0 Å². The molecule has 1 saturated heterocycles. The molecule has 6 rings (SSSR count). The lowest BCUT2D eigenvalue weighted by molar-refractivity contribution is -0.120. The number of methoxy groups -OCH3 is 1. The van der Waals surface area contributed by atoms with E-state index in [1.54, 1.807) is 31.3 Å². The highest BCUT2D eigenvalue weighted by molar-refractivity contribution is 6.04. The number of carbonyl (C=O) groups is 2. The summed E-state index contributed by atoms with van der Waals surface area (Å²) in [6, 6.07) is 5.73. The van der Waals surface area contributed by atoms with E-state index in [1.807, 2.05) is 12.1 Å². The van der Waals surface area contributed by atoms with Crippen LogP contribution in [0.3, 0.4) is 0 Å². The summed E-state index contributed by atoms with van der Waals surface area (Å²) in [5.74, 6) is 3.18. The molecule has 0 radical (unpaired) electrons. The molecular formula is C31H43N7O3. The first-order valence-corrected chi connectivity index (χ1v) is 15.2. The van der Waals surface area contributed by atoms with Gasteiger partial charge in [0, 0.05) is 31.2 Å². The highest BCUT2D eigenvalue weighted by Crippen LogP contribution is 2.41. The van der Waals surface area contributed by atoms with Gasteiger partial charge in [0.05, 0.1) is 19.0 Å². The van der Waals surface area contributed by atoms with Crippen molar-refractivity contribution in [3.8, 4) is 5.75 Å². The van der Waals surface area contributed by atoms with E-state index < -0.39 is 0 Å². The molecule has 10 heteroatoms. The molecule has 2 saturated carbocycles. The van der Waals surface area contributed by atoms with Crippen molar-refractivity contribution < 1.29 is 14.3 Å². The van der Waals surface area contributed by atoms with Crippen molar-refractivity contribution in [1.82, 2.24) is 20.2 Å². The van der Waals surface area contributed by atoms with Crippen LogP contribution in [-0.4, -0.2) is 79.1 Å². The number of amides is 2. The Hall–Kier alpha value is -3.40. The largest absolute Gasteiger partial charge is 0.495 e. The Kier molecular flexibility index (Phi) is 7.76. The van der Waals surface area contributed by atoms with Gasteiger partial charge in [-0.3, -0.25) is 9.59 Å². The van der Waals surface area contributed by atoms with Gasteiger partial charge in [0.2, 0.25) is 11.9 Å². The van der Waals surface area contributed by atoms with E-state index in [-0.39, 0.29) is 23.9 Å². The molecule has 1 aromatic heterocycles. The Morgan fingerprint density at radius 2 is 1.90 bits per heavy atom. The third-order valence-corrected chi connectivity index (χ3v) is 9.73. The molecule has 0 bridgehead atoms. The van der Waals surface area contributed by atoms with Crippen LogP contribution >= 0.6 is 0 Å². The summed E-state index contributed by atoms with van der Waals surface area (Å²) >= 11 is 0. The van der Waals surface area contributed by atoms with Crippen LogP contribution < -0.4 is 25.2 Å². The number of anilines is 4. The predicted molar refractivity (Wildman–Crippen MR) is 160 cm³/mol. The van der Waals surface area contributed by atoms with Crippen molar-refractivity contribution in [3.63, 3.8) is 0 Å². The van der Waals surface area contributed by atoms with Crippen LogP contribution in [-0.2, 0) is 4.79 Å². The summed E-state index contributed by atoms with van der Waals surface area (Å²) in [5.41, 5.74) is 1.98. The van der Waals surface area contributed by atoms with Crippen LogP contribution in [0.25, 0.3) is 0 Å². The third kappa shape index (κ3) is 5.34. The molecule has 3 fully saturated rings.